The lowest BCUT2D eigenvalue weighted by atomic mass is 9.87. The highest BCUT2D eigenvalue weighted by Crippen LogP contribution is 2.46. The van der Waals surface area contributed by atoms with E-state index in [1.54, 1.807) is 6.20 Å². The minimum atomic E-state index is -4.50. The largest absolute Gasteiger partial charge is 0.490 e. The van der Waals surface area contributed by atoms with Crippen LogP contribution in [0.1, 0.15) is 68.0 Å². The van der Waals surface area contributed by atoms with Crippen LogP contribution in [0, 0.1) is 5.92 Å². The van der Waals surface area contributed by atoms with E-state index in [1.807, 2.05) is 36.4 Å². The zero-order chi connectivity index (χ0) is 27.6. The standard InChI is InChI=1S/C30H33F3N4O2/c1-19(2)28-27(29(38)36-17-20-10-13-26(35-16-20)30(31,32)33)24-12-11-23(39-22-8-3-4-9-22)15-25(24)37(28)18-21-7-5-6-14-34-21/h5-7,10-16,19,22,27-28H,3-4,8-9,17-18H2,1-2H3,(H,36,38). The Hall–Kier alpha value is -3.62. The van der Waals surface area contributed by atoms with Gasteiger partial charge in [0, 0.05) is 36.7 Å². The van der Waals surface area contributed by atoms with Crippen molar-refractivity contribution in [3.63, 3.8) is 0 Å². The van der Waals surface area contributed by atoms with Crippen LogP contribution in [0.4, 0.5) is 18.9 Å². The highest BCUT2D eigenvalue weighted by atomic mass is 19.4. The zero-order valence-corrected chi connectivity index (χ0v) is 22.1. The minimum Gasteiger partial charge on any atom is -0.490 e. The number of hydrogen-bond acceptors (Lipinski definition) is 5. The first-order valence-corrected chi connectivity index (χ1v) is 13.5. The van der Waals surface area contributed by atoms with Crippen LogP contribution in [0.3, 0.4) is 0 Å². The minimum absolute atomic E-state index is 0.0870. The van der Waals surface area contributed by atoms with Crippen molar-refractivity contribution in [2.75, 3.05) is 4.90 Å². The Bertz CT molecular complexity index is 1280. The second-order valence-electron chi connectivity index (χ2n) is 10.7. The van der Waals surface area contributed by atoms with Crippen LogP contribution in [-0.4, -0.2) is 28.0 Å². The number of carbonyl (C=O) groups is 1. The van der Waals surface area contributed by atoms with Crippen LogP contribution in [0.5, 0.6) is 5.75 Å². The summed E-state index contributed by atoms with van der Waals surface area (Å²) in [6.45, 7) is 4.82. The number of hydrogen-bond donors (Lipinski definition) is 1. The molecule has 1 fully saturated rings. The third-order valence-corrected chi connectivity index (χ3v) is 7.56. The van der Waals surface area contributed by atoms with E-state index in [0.717, 1.165) is 47.8 Å². The summed E-state index contributed by atoms with van der Waals surface area (Å²) < 4.78 is 44.9. The van der Waals surface area contributed by atoms with Gasteiger partial charge in [-0.3, -0.25) is 14.8 Å². The van der Waals surface area contributed by atoms with E-state index in [2.05, 4.69) is 34.0 Å². The molecule has 1 aliphatic heterocycles. The van der Waals surface area contributed by atoms with Gasteiger partial charge in [0.05, 0.1) is 24.3 Å². The van der Waals surface area contributed by atoms with Crippen LogP contribution >= 0.6 is 0 Å². The molecule has 0 spiro atoms. The first-order valence-electron chi connectivity index (χ1n) is 13.5. The van der Waals surface area contributed by atoms with Crippen molar-refractivity contribution in [1.82, 2.24) is 15.3 Å². The molecule has 0 saturated heterocycles. The van der Waals surface area contributed by atoms with E-state index >= 15 is 0 Å². The maximum atomic E-state index is 13.7. The molecule has 2 atom stereocenters. The summed E-state index contributed by atoms with van der Waals surface area (Å²) in [5, 5.41) is 2.95. The van der Waals surface area contributed by atoms with E-state index in [1.165, 1.54) is 18.9 Å². The summed E-state index contributed by atoms with van der Waals surface area (Å²) in [5.41, 5.74) is 2.30. The first kappa shape index (κ1) is 27.0. The van der Waals surface area contributed by atoms with Gasteiger partial charge < -0.3 is 15.0 Å². The zero-order valence-electron chi connectivity index (χ0n) is 22.1. The second kappa shape index (κ2) is 11.2. The lowest BCUT2D eigenvalue weighted by Gasteiger charge is -2.33. The van der Waals surface area contributed by atoms with Crippen molar-refractivity contribution in [2.24, 2.45) is 5.92 Å². The van der Waals surface area contributed by atoms with Crippen LogP contribution in [-0.2, 0) is 24.1 Å². The van der Waals surface area contributed by atoms with Gasteiger partial charge in [0.15, 0.2) is 0 Å². The number of nitrogens with zero attached hydrogens (tertiary/aromatic N) is 3. The number of pyridine rings is 2. The van der Waals surface area contributed by atoms with Gasteiger partial charge in [0.25, 0.3) is 0 Å². The molecule has 9 heteroatoms. The lowest BCUT2D eigenvalue weighted by Crippen LogP contribution is -2.43. The first-order chi connectivity index (χ1) is 18.7. The molecule has 1 aromatic carbocycles. The van der Waals surface area contributed by atoms with Gasteiger partial charge in [-0.1, -0.05) is 32.0 Å². The molecule has 0 radical (unpaired) electrons. The Balaban J connectivity index is 1.42. The Kier molecular flexibility index (Phi) is 7.77. The van der Waals surface area contributed by atoms with Crippen LogP contribution in [0.25, 0.3) is 0 Å². The van der Waals surface area contributed by atoms with Crippen molar-refractivity contribution in [2.45, 2.75) is 76.9 Å². The predicted molar refractivity (Wildman–Crippen MR) is 142 cm³/mol. The summed E-state index contributed by atoms with van der Waals surface area (Å²) in [6.07, 6.45) is 3.08. The summed E-state index contributed by atoms with van der Waals surface area (Å²) >= 11 is 0. The number of fused-ring (bicyclic) bond motifs is 1. The third-order valence-electron chi connectivity index (χ3n) is 7.56. The quantitative estimate of drug-likeness (QED) is 0.367. The van der Waals surface area contributed by atoms with Gasteiger partial charge in [0.2, 0.25) is 5.91 Å². The molecule has 1 amide bonds. The Morgan fingerprint density at radius 2 is 1.90 bits per heavy atom. The summed E-state index contributed by atoms with van der Waals surface area (Å²) in [4.78, 5) is 24.0. The molecule has 2 aromatic heterocycles. The molecular formula is C30H33F3N4O2. The Morgan fingerprint density at radius 3 is 2.54 bits per heavy atom. The molecule has 5 rings (SSSR count). The number of nitrogens with one attached hydrogen (secondary N) is 1. The molecule has 39 heavy (non-hydrogen) atoms. The van der Waals surface area contributed by atoms with E-state index in [0.29, 0.717) is 12.1 Å². The van der Waals surface area contributed by atoms with E-state index in [4.69, 9.17) is 4.74 Å². The van der Waals surface area contributed by atoms with E-state index < -0.39 is 17.8 Å². The molecule has 3 heterocycles. The fourth-order valence-electron chi connectivity index (χ4n) is 5.73. The number of rotatable bonds is 8. The Labute approximate surface area is 226 Å². The number of amides is 1. The van der Waals surface area contributed by atoms with Crippen molar-refractivity contribution >= 4 is 11.6 Å². The van der Waals surface area contributed by atoms with Gasteiger partial charge in [-0.2, -0.15) is 13.2 Å². The molecular weight excluding hydrogens is 505 g/mol. The number of carbonyl (C=O) groups excluding carboxylic acids is 1. The third kappa shape index (κ3) is 6.02. The van der Waals surface area contributed by atoms with Crippen molar-refractivity contribution in [3.05, 3.63) is 83.4 Å². The van der Waals surface area contributed by atoms with E-state index in [-0.39, 0.29) is 30.5 Å². The molecule has 1 saturated carbocycles. The van der Waals surface area contributed by atoms with Crippen LogP contribution in [0.2, 0.25) is 0 Å². The maximum Gasteiger partial charge on any atom is 0.433 e. The topological polar surface area (TPSA) is 67.3 Å². The van der Waals surface area contributed by atoms with Crippen molar-refractivity contribution < 1.29 is 22.7 Å². The molecule has 3 aromatic rings. The van der Waals surface area contributed by atoms with Crippen molar-refractivity contribution in [3.8, 4) is 5.75 Å². The van der Waals surface area contributed by atoms with Gasteiger partial charge in [-0.05, 0) is 67.0 Å². The van der Waals surface area contributed by atoms with Crippen LogP contribution < -0.4 is 15.0 Å². The smallest absolute Gasteiger partial charge is 0.433 e. The highest BCUT2D eigenvalue weighted by molar-refractivity contribution is 5.90. The summed E-state index contributed by atoms with van der Waals surface area (Å²) in [6, 6.07) is 13.9. The average molecular weight is 539 g/mol. The molecule has 1 N–H and O–H groups in total. The number of aromatic nitrogens is 2. The van der Waals surface area contributed by atoms with Gasteiger partial charge in [0.1, 0.15) is 11.4 Å². The SMILES string of the molecule is CC(C)C1C(C(=O)NCc2ccc(C(F)(F)F)nc2)c2ccc(OC3CCCC3)cc2N1Cc1ccccn1. The number of benzene rings is 1. The highest BCUT2D eigenvalue weighted by Gasteiger charge is 2.44. The van der Waals surface area contributed by atoms with Gasteiger partial charge in [-0.25, -0.2) is 0 Å². The van der Waals surface area contributed by atoms with Gasteiger partial charge in [-0.15, -0.1) is 0 Å². The fourth-order valence-corrected chi connectivity index (χ4v) is 5.73. The molecule has 0 bridgehead atoms. The summed E-state index contributed by atoms with van der Waals surface area (Å²) in [5.74, 6) is 0.282. The van der Waals surface area contributed by atoms with Gasteiger partial charge >= 0.3 is 6.18 Å². The fraction of sp³-hybridized carbons (Fsp3) is 0.433. The number of alkyl halides is 3. The Morgan fingerprint density at radius 1 is 1.10 bits per heavy atom. The normalized spacial score (nSPS) is 19.4. The average Bonchev–Trinajstić information content (AvgIpc) is 3.54. The molecule has 2 aliphatic rings. The molecule has 6 nitrogen and oxygen atoms in total. The van der Waals surface area contributed by atoms with Crippen molar-refractivity contribution in [1.29, 1.82) is 0 Å². The summed E-state index contributed by atoms with van der Waals surface area (Å²) in [7, 11) is 0. The predicted octanol–water partition coefficient (Wildman–Crippen LogP) is 6.26. The number of anilines is 1. The molecule has 206 valence electrons. The molecule has 2 unspecified atom stereocenters. The molecule has 1 aliphatic carbocycles. The van der Waals surface area contributed by atoms with E-state index in [9.17, 15) is 18.0 Å². The second-order valence-corrected chi connectivity index (χ2v) is 10.7. The number of ether oxygens (including phenoxy) is 1. The monoisotopic (exact) mass is 538 g/mol. The maximum absolute atomic E-state index is 13.7. The van der Waals surface area contributed by atoms with Crippen LogP contribution in [0.15, 0.2) is 60.9 Å². The number of halogens is 3. The lowest BCUT2D eigenvalue weighted by molar-refractivity contribution is -0.141.